The highest BCUT2D eigenvalue weighted by molar-refractivity contribution is 5.93. The second kappa shape index (κ2) is 7.01. The minimum absolute atomic E-state index is 0.0204. The maximum atomic E-state index is 11.3. The molecule has 0 aliphatic rings. The maximum absolute atomic E-state index is 11.3. The Hall–Kier alpha value is -1.43. The average molecular weight is 238 g/mol. The van der Waals surface area contributed by atoms with E-state index in [9.17, 15) is 4.79 Å². The molecule has 0 heterocycles. The van der Waals surface area contributed by atoms with Crippen molar-refractivity contribution in [3.63, 3.8) is 0 Å². The molecule has 5 heteroatoms. The van der Waals surface area contributed by atoms with E-state index in [-0.39, 0.29) is 12.0 Å². The molecule has 0 aliphatic heterocycles. The SMILES string of the molecule is COCC(C)OCc1cccc(C(=O)NN)c1. The first-order chi connectivity index (χ1) is 8.17. The summed E-state index contributed by atoms with van der Waals surface area (Å²) in [5.41, 5.74) is 3.54. The van der Waals surface area contributed by atoms with E-state index in [4.69, 9.17) is 15.3 Å². The molecule has 0 saturated carbocycles. The lowest BCUT2D eigenvalue weighted by Crippen LogP contribution is -2.30. The summed E-state index contributed by atoms with van der Waals surface area (Å²) in [6.45, 7) is 2.92. The number of nitrogens with two attached hydrogens (primary N) is 1. The van der Waals surface area contributed by atoms with Crippen LogP contribution in [0, 0.1) is 0 Å². The number of ether oxygens (including phenoxy) is 2. The zero-order valence-electron chi connectivity index (χ0n) is 10.1. The molecule has 1 aromatic rings. The molecule has 0 radical (unpaired) electrons. The Balaban J connectivity index is 2.57. The highest BCUT2D eigenvalue weighted by Crippen LogP contribution is 2.08. The van der Waals surface area contributed by atoms with Crippen LogP contribution in [0.15, 0.2) is 24.3 Å². The van der Waals surface area contributed by atoms with Crippen molar-refractivity contribution in [2.24, 2.45) is 5.84 Å². The lowest BCUT2D eigenvalue weighted by molar-refractivity contribution is -0.000137. The van der Waals surface area contributed by atoms with Crippen molar-refractivity contribution >= 4 is 5.91 Å². The maximum Gasteiger partial charge on any atom is 0.265 e. The van der Waals surface area contributed by atoms with E-state index in [1.54, 1.807) is 25.3 Å². The Morgan fingerprint density at radius 3 is 2.94 bits per heavy atom. The minimum Gasteiger partial charge on any atom is -0.382 e. The highest BCUT2D eigenvalue weighted by atomic mass is 16.5. The number of amides is 1. The lowest BCUT2D eigenvalue weighted by Gasteiger charge is -2.12. The first-order valence-corrected chi connectivity index (χ1v) is 5.37. The number of nitrogens with one attached hydrogen (secondary N) is 1. The van der Waals surface area contributed by atoms with E-state index in [1.807, 2.05) is 13.0 Å². The topological polar surface area (TPSA) is 73.6 Å². The summed E-state index contributed by atoms with van der Waals surface area (Å²) in [6, 6.07) is 7.14. The second-order valence-corrected chi connectivity index (χ2v) is 3.75. The van der Waals surface area contributed by atoms with E-state index in [1.165, 1.54) is 0 Å². The van der Waals surface area contributed by atoms with Gasteiger partial charge >= 0.3 is 0 Å². The molecule has 0 bridgehead atoms. The van der Waals surface area contributed by atoms with E-state index >= 15 is 0 Å². The van der Waals surface area contributed by atoms with Crippen LogP contribution >= 0.6 is 0 Å². The molecule has 0 fully saturated rings. The van der Waals surface area contributed by atoms with Crippen molar-refractivity contribution < 1.29 is 14.3 Å². The molecule has 0 spiro atoms. The van der Waals surface area contributed by atoms with Gasteiger partial charge in [-0.05, 0) is 24.6 Å². The number of hydrogen-bond acceptors (Lipinski definition) is 4. The molecular weight excluding hydrogens is 220 g/mol. The summed E-state index contributed by atoms with van der Waals surface area (Å²) < 4.78 is 10.5. The number of hydrogen-bond donors (Lipinski definition) is 2. The van der Waals surface area contributed by atoms with Gasteiger partial charge in [0.05, 0.1) is 19.3 Å². The summed E-state index contributed by atoms with van der Waals surface area (Å²) in [6.07, 6.45) is 0.0204. The lowest BCUT2D eigenvalue weighted by atomic mass is 10.1. The third-order valence-corrected chi connectivity index (χ3v) is 2.26. The predicted octanol–water partition coefficient (Wildman–Crippen LogP) is 0.842. The first kappa shape index (κ1) is 13.6. The zero-order valence-corrected chi connectivity index (χ0v) is 10.1. The molecule has 1 aromatic carbocycles. The van der Waals surface area contributed by atoms with Gasteiger partial charge in [-0.3, -0.25) is 10.2 Å². The fourth-order valence-electron chi connectivity index (χ4n) is 1.41. The summed E-state index contributed by atoms with van der Waals surface area (Å²) in [7, 11) is 1.63. The largest absolute Gasteiger partial charge is 0.382 e. The Bertz CT molecular complexity index is 369. The summed E-state index contributed by atoms with van der Waals surface area (Å²) >= 11 is 0. The van der Waals surface area contributed by atoms with Crippen molar-refractivity contribution in [1.82, 2.24) is 5.43 Å². The number of methoxy groups -OCH3 is 1. The standard InChI is InChI=1S/C12H18N2O3/c1-9(7-16-2)17-8-10-4-3-5-11(6-10)12(15)14-13/h3-6,9H,7-8,13H2,1-2H3,(H,14,15). The van der Waals surface area contributed by atoms with E-state index in [2.05, 4.69) is 5.43 Å². The van der Waals surface area contributed by atoms with Gasteiger partial charge in [0.1, 0.15) is 0 Å². The molecule has 1 amide bonds. The van der Waals surface area contributed by atoms with E-state index < -0.39 is 0 Å². The fraction of sp³-hybridized carbons (Fsp3) is 0.417. The quantitative estimate of drug-likeness (QED) is 0.437. The van der Waals surface area contributed by atoms with E-state index in [0.29, 0.717) is 18.8 Å². The minimum atomic E-state index is -0.309. The molecule has 1 atom stereocenters. The van der Waals surface area contributed by atoms with Crippen LogP contribution < -0.4 is 11.3 Å². The molecule has 5 nitrogen and oxygen atoms in total. The molecule has 0 aromatic heterocycles. The molecule has 94 valence electrons. The Morgan fingerprint density at radius 2 is 2.29 bits per heavy atom. The smallest absolute Gasteiger partial charge is 0.265 e. The number of benzene rings is 1. The molecule has 1 rings (SSSR count). The Labute approximate surface area is 101 Å². The van der Waals surface area contributed by atoms with Gasteiger partial charge < -0.3 is 9.47 Å². The summed E-state index contributed by atoms with van der Waals surface area (Å²) in [5, 5.41) is 0. The van der Waals surface area contributed by atoms with E-state index in [0.717, 1.165) is 5.56 Å². The molecule has 1 unspecified atom stereocenters. The van der Waals surface area contributed by atoms with Crippen LogP contribution in [0.25, 0.3) is 0 Å². The predicted molar refractivity (Wildman–Crippen MR) is 64.2 cm³/mol. The van der Waals surface area contributed by atoms with Crippen LogP contribution in [0.5, 0.6) is 0 Å². The Morgan fingerprint density at radius 1 is 1.53 bits per heavy atom. The highest BCUT2D eigenvalue weighted by Gasteiger charge is 2.05. The zero-order chi connectivity index (χ0) is 12.7. The second-order valence-electron chi connectivity index (χ2n) is 3.75. The third kappa shape index (κ3) is 4.52. The Kier molecular flexibility index (Phi) is 5.62. The summed E-state index contributed by atoms with van der Waals surface area (Å²) in [5.74, 6) is 4.76. The third-order valence-electron chi connectivity index (χ3n) is 2.26. The van der Waals surface area contributed by atoms with Crippen LogP contribution in [0.4, 0.5) is 0 Å². The molecular formula is C12H18N2O3. The number of hydrazine groups is 1. The fourth-order valence-corrected chi connectivity index (χ4v) is 1.41. The number of carbonyl (C=O) groups excluding carboxylic acids is 1. The van der Waals surface area contributed by atoms with Crippen LogP contribution in [-0.2, 0) is 16.1 Å². The van der Waals surface area contributed by atoms with Gasteiger partial charge in [-0.15, -0.1) is 0 Å². The van der Waals surface area contributed by atoms with Crippen LogP contribution in [0.2, 0.25) is 0 Å². The van der Waals surface area contributed by atoms with Gasteiger partial charge in [-0.1, -0.05) is 12.1 Å². The first-order valence-electron chi connectivity index (χ1n) is 5.37. The van der Waals surface area contributed by atoms with Crippen molar-refractivity contribution in [1.29, 1.82) is 0 Å². The van der Waals surface area contributed by atoms with Crippen molar-refractivity contribution in [2.45, 2.75) is 19.6 Å². The van der Waals surface area contributed by atoms with Gasteiger partial charge in [0.15, 0.2) is 0 Å². The monoisotopic (exact) mass is 238 g/mol. The van der Waals surface area contributed by atoms with Gasteiger partial charge in [0.2, 0.25) is 0 Å². The van der Waals surface area contributed by atoms with Crippen LogP contribution in [-0.4, -0.2) is 25.7 Å². The molecule has 0 aliphatic carbocycles. The van der Waals surface area contributed by atoms with Gasteiger partial charge in [0.25, 0.3) is 5.91 Å². The van der Waals surface area contributed by atoms with Crippen LogP contribution in [0.1, 0.15) is 22.8 Å². The number of carbonyl (C=O) groups is 1. The van der Waals surface area contributed by atoms with Gasteiger partial charge in [-0.2, -0.15) is 0 Å². The molecule has 3 N–H and O–H groups in total. The van der Waals surface area contributed by atoms with Gasteiger partial charge in [-0.25, -0.2) is 5.84 Å². The molecule has 0 saturated heterocycles. The summed E-state index contributed by atoms with van der Waals surface area (Å²) in [4.78, 5) is 11.3. The number of rotatable bonds is 6. The molecule has 17 heavy (non-hydrogen) atoms. The number of nitrogen functional groups attached to an aromatic ring is 1. The van der Waals surface area contributed by atoms with Crippen LogP contribution in [0.3, 0.4) is 0 Å². The average Bonchev–Trinajstić information content (AvgIpc) is 2.36. The van der Waals surface area contributed by atoms with Gasteiger partial charge in [0, 0.05) is 12.7 Å². The van der Waals surface area contributed by atoms with Crippen molar-refractivity contribution in [2.75, 3.05) is 13.7 Å². The van der Waals surface area contributed by atoms with Crippen molar-refractivity contribution in [3.05, 3.63) is 35.4 Å². The van der Waals surface area contributed by atoms with Crippen molar-refractivity contribution in [3.8, 4) is 0 Å². The normalized spacial score (nSPS) is 12.2.